The molecule has 0 saturated heterocycles. The van der Waals surface area contributed by atoms with E-state index in [9.17, 15) is 14.9 Å². The van der Waals surface area contributed by atoms with Crippen molar-refractivity contribution in [3.05, 3.63) is 39.9 Å². The summed E-state index contributed by atoms with van der Waals surface area (Å²) in [6.45, 7) is 1.25. The van der Waals surface area contributed by atoms with Crippen LogP contribution in [-0.2, 0) is 4.79 Å². The van der Waals surface area contributed by atoms with Crippen LogP contribution in [0.3, 0.4) is 0 Å². The summed E-state index contributed by atoms with van der Waals surface area (Å²) in [5, 5.41) is 21.7. The molecule has 1 N–H and O–H groups in total. The van der Waals surface area contributed by atoms with Crippen LogP contribution in [0.1, 0.15) is 12.5 Å². The average Bonchev–Trinajstić information content (AvgIpc) is 2.19. The molecular weight excluding hydrogens is 200 g/mol. The summed E-state index contributed by atoms with van der Waals surface area (Å²) in [5.74, 6) is -0.411. The molecule has 0 unspecified atom stereocenters. The quantitative estimate of drug-likeness (QED) is 0.351. The number of nitro benzene ring substituents is 1. The van der Waals surface area contributed by atoms with E-state index in [1.54, 1.807) is 0 Å². The Morgan fingerprint density at radius 1 is 1.40 bits per heavy atom. The van der Waals surface area contributed by atoms with Crippen LogP contribution < -0.4 is 0 Å². The van der Waals surface area contributed by atoms with Gasteiger partial charge in [0.15, 0.2) is 11.5 Å². The van der Waals surface area contributed by atoms with Gasteiger partial charge >= 0.3 is 0 Å². The lowest BCUT2D eigenvalue weighted by atomic mass is 10.1. The maximum absolute atomic E-state index is 11.0. The molecule has 0 saturated carbocycles. The fourth-order valence-electron chi connectivity index (χ4n) is 1.07. The van der Waals surface area contributed by atoms with Gasteiger partial charge in [0.1, 0.15) is 0 Å². The molecular formula is C9H8N2O4. The number of oxime groups is 1. The second-order valence-electron chi connectivity index (χ2n) is 2.81. The summed E-state index contributed by atoms with van der Waals surface area (Å²) < 4.78 is 0. The molecule has 1 rings (SSSR count). The monoisotopic (exact) mass is 208 g/mol. The zero-order valence-electron chi connectivity index (χ0n) is 7.88. The summed E-state index contributed by atoms with van der Waals surface area (Å²) >= 11 is 0. The van der Waals surface area contributed by atoms with Crippen molar-refractivity contribution in [1.29, 1.82) is 0 Å². The molecule has 0 aliphatic carbocycles. The van der Waals surface area contributed by atoms with Gasteiger partial charge < -0.3 is 5.21 Å². The highest BCUT2D eigenvalue weighted by molar-refractivity contribution is 6.45. The number of carbonyl (C=O) groups excluding carboxylic acids is 1. The molecule has 0 aliphatic heterocycles. The number of carbonyl (C=O) groups is 1. The number of ketones is 1. The Morgan fingerprint density at radius 3 is 2.27 bits per heavy atom. The average molecular weight is 208 g/mol. The third-order valence-corrected chi connectivity index (χ3v) is 1.79. The van der Waals surface area contributed by atoms with E-state index in [1.807, 2.05) is 0 Å². The van der Waals surface area contributed by atoms with Crippen molar-refractivity contribution in [2.45, 2.75) is 6.92 Å². The zero-order chi connectivity index (χ0) is 11.4. The first-order chi connectivity index (χ1) is 7.06. The Bertz CT molecular complexity index is 422. The normalized spacial score (nSPS) is 11.1. The van der Waals surface area contributed by atoms with Crippen molar-refractivity contribution < 1.29 is 14.9 Å². The SMILES string of the molecule is CC(=O)/C(=N/O)c1ccc([N+](=O)[O-])cc1. The van der Waals surface area contributed by atoms with E-state index in [0.29, 0.717) is 5.56 Å². The summed E-state index contributed by atoms with van der Waals surface area (Å²) in [4.78, 5) is 20.8. The molecule has 78 valence electrons. The van der Waals surface area contributed by atoms with E-state index >= 15 is 0 Å². The van der Waals surface area contributed by atoms with E-state index in [1.165, 1.54) is 31.2 Å². The van der Waals surface area contributed by atoms with Crippen molar-refractivity contribution >= 4 is 17.2 Å². The van der Waals surface area contributed by atoms with E-state index < -0.39 is 10.7 Å². The van der Waals surface area contributed by atoms with Gasteiger partial charge in [0.05, 0.1) is 4.92 Å². The molecule has 1 aromatic rings. The first kappa shape index (κ1) is 10.8. The van der Waals surface area contributed by atoms with Crippen molar-refractivity contribution in [3.8, 4) is 0 Å². The molecule has 1 aromatic carbocycles. The second kappa shape index (κ2) is 4.32. The Hall–Kier alpha value is -2.24. The summed E-state index contributed by atoms with van der Waals surface area (Å²) in [7, 11) is 0. The van der Waals surface area contributed by atoms with Gasteiger partial charge in [-0.05, 0) is 12.1 Å². The molecule has 0 heterocycles. The van der Waals surface area contributed by atoms with Gasteiger partial charge in [0, 0.05) is 24.6 Å². The molecule has 0 aliphatic rings. The molecule has 0 aromatic heterocycles. The van der Waals surface area contributed by atoms with Gasteiger partial charge in [-0.25, -0.2) is 0 Å². The van der Waals surface area contributed by atoms with Gasteiger partial charge in [0.2, 0.25) is 0 Å². The zero-order valence-corrected chi connectivity index (χ0v) is 7.88. The van der Waals surface area contributed by atoms with Crippen LogP contribution in [0.5, 0.6) is 0 Å². The molecule has 15 heavy (non-hydrogen) atoms. The third kappa shape index (κ3) is 2.37. The Labute approximate surface area is 85.0 Å². The maximum atomic E-state index is 11.0. The summed E-state index contributed by atoms with van der Waals surface area (Å²) in [6, 6.07) is 5.19. The molecule has 6 heteroatoms. The maximum Gasteiger partial charge on any atom is 0.269 e. The first-order valence-electron chi connectivity index (χ1n) is 4.04. The van der Waals surface area contributed by atoms with Gasteiger partial charge in [-0.3, -0.25) is 14.9 Å². The fourth-order valence-corrected chi connectivity index (χ4v) is 1.07. The van der Waals surface area contributed by atoms with Crippen molar-refractivity contribution in [2.75, 3.05) is 0 Å². The minimum atomic E-state index is -0.548. The van der Waals surface area contributed by atoms with Gasteiger partial charge in [0.25, 0.3) is 5.69 Å². The Kier molecular flexibility index (Phi) is 3.12. The third-order valence-electron chi connectivity index (χ3n) is 1.79. The van der Waals surface area contributed by atoms with Crippen LogP contribution in [0.4, 0.5) is 5.69 Å². The van der Waals surface area contributed by atoms with Crippen LogP contribution in [0.15, 0.2) is 29.4 Å². The number of rotatable bonds is 3. The van der Waals surface area contributed by atoms with E-state index in [-0.39, 0.29) is 11.4 Å². The number of nitrogens with zero attached hydrogens (tertiary/aromatic N) is 2. The minimum Gasteiger partial charge on any atom is -0.410 e. The highest BCUT2D eigenvalue weighted by Gasteiger charge is 2.11. The Balaban J connectivity index is 3.08. The molecule has 0 atom stereocenters. The van der Waals surface area contributed by atoms with Crippen molar-refractivity contribution in [3.63, 3.8) is 0 Å². The molecule has 0 fully saturated rings. The minimum absolute atomic E-state index is 0.0837. The number of Topliss-reactive ketones (excluding diaryl/α,β-unsaturated/α-hetero) is 1. The van der Waals surface area contributed by atoms with Gasteiger partial charge in [-0.1, -0.05) is 5.16 Å². The lowest BCUT2D eigenvalue weighted by Gasteiger charge is -1.99. The number of nitro groups is 1. The second-order valence-corrected chi connectivity index (χ2v) is 2.81. The Morgan fingerprint density at radius 2 is 1.93 bits per heavy atom. The highest BCUT2D eigenvalue weighted by Crippen LogP contribution is 2.12. The van der Waals surface area contributed by atoms with E-state index in [2.05, 4.69) is 5.16 Å². The van der Waals surface area contributed by atoms with E-state index in [0.717, 1.165) is 0 Å². The highest BCUT2D eigenvalue weighted by atomic mass is 16.6. The van der Waals surface area contributed by atoms with Crippen LogP contribution in [0.2, 0.25) is 0 Å². The van der Waals surface area contributed by atoms with Gasteiger partial charge in [-0.15, -0.1) is 0 Å². The summed E-state index contributed by atoms with van der Waals surface area (Å²) in [5.41, 5.74) is 0.139. The van der Waals surface area contributed by atoms with Gasteiger partial charge in [-0.2, -0.15) is 0 Å². The predicted octanol–water partition coefficient (Wildman–Crippen LogP) is 1.36. The van der Waals surface area contributed by atoms with Crippen molar-refractivity contribution in [2.24, 2.45) is 5.16 Å². The molecule has 0 amide bonds. The van der Waals surface area contributed by atoms with Crippen LogP contribution in [0, 0.1) is 10.1 Å². The van der Waals surface area contributed by atoms with E-state index in [4.69, 9.17) is 5.21 Å². The van der Waals surface area contributed by atoms with Crippen LogP contribution in [-0.4, -0.2) is 21.6 Å². The van der Waals surface area contributed by atoms with Crippen molar-refractivity contribution in [1.82, 2.24) is 0 Å². The molecule has 0 radical (unpaired) electrons. The molecule has 6 nitrogen and oxygen atoms in total. The van der Waals surface area contributed by atoms with Crippen LogP contribution in [0.25, 0.3) is 0 Å². The lowest BCUT2D eigenvalue weighted by molar-refractivity contribution is -0.384. The largest absolute Gasteiger partial charge is 0.410 e. The van der Waals surface area contributed by atoms with Crippen LogP contribution >= 0.6 is 0 Å². The number of benzene rings is 1. The molecule has 0 bridgehead atoms. The summed E-state index contributed by atoms with van der Waals surface area (Å²) in [6.07, 6.45) is 0. The lowest BCUT2D eigenvalue weighted by Crippen LogP contribution is -2.11. The fraction of sp³-hybridized carbons (Fsp3) is 0.111. The number of hydrogen-bond acceptors (Lipinski definition) is 5. The number of hydrogen-bond donors (Lipinski definition) is 1. The predicted molar refractivity (Wildman–Crippen MR) is 52.1 cm³/mol. The standard InChI is InChI=1S/C9H8N2O4/c1-6(12)9(10-13)7-2-4-8(5-3-7)11(14)15/h2-5,13H,1H3/b10-9-. The molecule has 0 spiro atoms. The number of non-ortho nitro benzene ring substituents is 1. The first-order valence-corrected chi connectivity index (χ1v) is 4.04. The smallest absolute Gasteiger partial charge is 0.269 e. The topological polar surface area (TPSA) is 92.8 Å².